The first kappa shape index (κ1) is 28.5. The lowest BCUT2D eigenvalue weighted by atomic mass is 9.73. The highest BCUT2D eigenvalue weighted by molar-refractivity contribution is 7.99. The molecule has 6 nitrogen and oxygen atoms in total. The second-order valence-corrected chi connectivity index (χ2v) is 11.2. The number of carbonyl (C=O) groups is 1. The molecule has 1 fully saturated rings. The van der Waals surface area contributed by atoms with Crippen molar-refractivity contribution in [2.24, 2.45) is 5.41 Å². The molecule has 4 rings (SSSR count). The smallest absolute Gasteiger partial charge is 0.249 e. The predicted octanol–water partition coefficient (Wildman–Crippen LogP) is 6.60. The summed E-state index contributed by atoms with van der Waals surface area (Å²) >= 11 is 8.06. The van der Waals surface area contributed by atoms with Gasteiger partial charge in [-0.2, -0.15) is 0 Å². The van der Waals surface area contributed by atoms with Gasteiger partial charge in [0.2, 0.25) is 5.91 Å². The Morgan fingerprint density at radius 1 is 1.26 bits per heavy atom. The van der Waals surface area contributed by atoms with Crippen LogP contribution in [0.25, 0.3) is 10.9 Å². The lowest BCUT2D eigenvalue weighted by Gasteiger charge is -2.40. The zero-order chi connectivity index (χ0) is 27.1. The van der Waals surface area contributed by atoms with Gasteiger partial charge >= 0.3 is 0 Å². The van der Waals surface area contributed by atoms with E-state index in [1.54, 1.807) is 49.2 Å². The number of amides is 1. The van der Waals surface area contributed by atoms with Gasteiger partial charge in [-0.15, -0.1) is 11.8 Å². The molecule has 1 saturated heterocycles. The molecule has 2 aromatic carbocycles. The molecule has 0 unspecified atom stereocenters. The first-order chi connectivity index (χ1) is 18.3. The van der Waals surface area contributed by atoms with E-state index in [4.69, 9.17) is 16.3 Å². The molecule has 0 aliphatic carbocycles. The molecule has 1 aliphatic heterocycles. The van der Waals surface area contributed by atoms with Crippen LogP contribution in [-0.2, 0) is 4.79 Å². The fraction of sp³-hybridized carbons (Fsp3) is 0.429. The third-order valence-electron chi connectivity index (χ3n) is 7.36. The van der Waals surface area contributed by atoms with Crippen LogP contribution >= 0.6 is 23.4 Å². The number of hydroxylamine groups is 1. The Balaban J connectivity index is 1.35. The Morgan fingerprint density at radius 2 is 2.00 bits per heavy atom. The summed E-state index contributed by atoms with van der Waals surface area (Å²) in [5, 5.41) is 10.3. The first-order valence-corrected chi connectivity index (χ1v) is 14.0. The van der Waals surface area contributed by atoms with Crippen LogP contribution in [0.3, 0.4) is 0 Å². The zero-order valence-corrected chi connectivity index (χ0v) is 22.8. The van der Waals surface area contributed by atoms with Crippen LogP contribution in [0, 0.1) is 11.2 Å². The third kappa shape index (κ3) is 6.75. The summed E-state index contributed by atoms with van der Waals surface area (Å²) in [7, 11) is 1.54. The fourth-order valence-corrected chi connectivity index (χ4v) is 6.19. The van der Waals surface area contributed by atoms with E-state index >= 15 is 4.39 Å². The standard InChI is InChI=1S/C28H32ClF2N3O3S/c1-37-20-5-8-25-22(17-20)26(23(29)18-32-25)24(31)9-10-28(27(35)33-36)11-14-34(15-12-28)13-2-16-38-21-6-3-19(30)4-7-21/h3-8,17-18,24,36H,2,9-16H2,1H3,(H,33,35)/t24-/m1/s1. The number of rotatable bonds is 11. The average molecular weight is 564 g/mol. The van der Waals surface area contributed by atoms with Crippen LogP contribution in [0.2, 0.25) is 5.02 Å². The number of nitrogens with zero attached hydrogens (tertiary/aromatic N) is 2. The topological polar surface area (TPSA) is 74.7 Å². The number of likely N-dealkylation sites (tertiary alicyclic amines) is 1. The lowest BCUT2D eigenvalue weighted by molar-refractivity contribution is -0.143. The minimum atomic E-state index is -1.41. The number of aromatic nitrogens is 1. The van der Waals surface area contributed by atoms with Crippen molar-refractivity contribution in [1.82, 2.24) is 15.4 Å². The van der Waals surface area contributed by atoms with E-state index in [1.807, 2.05) is 5.48 Å². The van der Waals surface area contributed by atoms with Gasteiger partial charge in [-0.05, 0) is 100.0 Å². The number of nitrogens with one attached hydrogen (secondary N) is 1. The maximum absolute atomic E-state index is 15.7. The summed E-state index contributed by atoms with van der Waals surface area (Å²) in [4.78, 5) is 20.4. The Bertz CT molecular complexity index is 1240. The highest BCUT2D eigenvalue weighted by atomic mass is 35.5. The number of benzene rings is 2. The number of thioether (sulfide) groups is 1. The minimum absolute atomic E-state index is 0.0811. The fourth-order valence-electron chi connectivity index (χ4n) is 5.08. The maximum Gasteiger partial charge on any atom is 0.249 e. The maximum atomic E-state index is 15.7. The van der Waals surface area contributed by atoms with Crippen LogP contribution < -0.4 is 10.2 Å². The van der Waals surface area contributed by atoms with Gasteiger partial charge in [0.05, 0.1) is 23.1 Å². The summed E-state index contributed by atoms with van der Waals surface area (Å²) in [5.41, 5.74) is 1.92. The lowest BCUT2D eigenvalue weighted by Crippen LogP contribution is -2.48. The van der Waals surface area contributed by atoms with Crippen molar-refractivity contribution in [1.29, 1.82) is 0 Å². The molecule has 2 N–H and O–H groups in total. The Kier molecular flexibility index (Phi) is 9.81. The van der Waals surface area contributed by atoms with Crippen LogP contribution in [0.4, 0.5) is 8.78 Å². The minimum Gasteiger partial charge on any atom is -0.497 e. The molecule has 3 aromatic rings. The Hall–Kier alpha value is -2.46. The van der Waals surface area contributed by atoms with Crippen LogP contribution in [-0.4, -0.2) is 53.5 Å². The van der Waals surface area contributed by atoms with Crippen molar-refractivity contribution in [2.45, 2.75) is 43.2 Å². The summed E-state index contributed by atoms with van der Waals surface area (Å²) in [5.74, 6) is 0.770. The largest absolute Gasteiger partial charge is 0.497 e. The molecular formula is C28H32ClF2N3O3S. The van der Waals surface area contributed by atoms with Gasteiger partial charge in [0.25, 0.3) is 0 Å². The van der Waals surface area contributed by atoms with Crippen molar-refractivity contribution < 1.29 is 23.5 Å². The van der Waals surface area contributed by atoms with Gasteiger partial charge in [-0.3, -0.25) is 15.0 Å². The molecule has 1 atom stereocenters. The van der Waals surface area contributed by atoms with Gasteiger partial charge in [-0.25, -0.2) is 14.3 Å². The molecule has 204 valence electrons. The molecule has 38 heavy (non-hydrogen) atoms. The second-order valence-electron chi connectivity index (χ2n) is 9.63. The molecule has 2 heterocycles. The third-order valence-corrected chi connectivity index (χ3v) is 8.75. The van der Waals surface area contributed by atoms with Crippen molar-refractivity contribution in [3.8, 4) is 5.75 Å². The van der Waals surface area contributed by atoms with E-state index < -0.39 is 17.5 Å². The van der Waals surface area contributed by atoms with E-state index in [0.717, 1.165) is 23.6 Å². The van der Waals surface area contributed by atoms with Crippen molar-refractivity contribution in [3.05, 3.63) is 65.1 Å². The summed E-state index contributed by atoms with van der Waals surface area (Å²) in [6, 6.07) is 11.7. The highest BCUT2D eigenvalue weighted by Crippen LogP contribution is 2.42. The molecule has 1 amide bonds. The molecule has 0 spiro atoms. The predicted molar refractivity (Wildman–Crippen MR) is 146 cm³/mol. The summed E-state index contributed by atoms with van der Waals surface area (Å²) in [6.07, 6.45) is 2.39. The molecular weight excluding hydrogens is 532 g/mol. The second kappa shape index (κ2) is 13.1. The number of hydrogen-bond acceptors (Lipinski definition) is 6. The van der Waals surface area contributed by atoms with E-state index in [-0.39, 0.29) is 23.7 Å². The molecule has 1 aliphatic rings. The Morgan fingerprint density at radius 3 is 2.68 bits per heavy atom. The molecule has 10 heteroatoms. The molecule has 1 aromatic heterocycles. The average Bonchev–Trinajstić information content (AvgIpc) is 2.94. The monoisotopic (exact) mass is 563 g/mol. The zero-order valence-electron chi connectivity index (χ0n) is 21.3. The van der Waals surface area contributed by atoms with E-state index in [0.29, 0.717) is 48.1 Å². The molecule has 0 radical (unpaired) electrons. The summed E-state index contributed by atoms with van der Waals surface area (Å²) < 4.78 is 34.1. The highest BCUT2D eigenvalue weighted by Gasteiger charge is 2.41. The van der Waals surface area contributed by atoms with Crippen molar-refractivity contribution in [3.63, 3.8) is 0 Å². The number of alkyl halides is 1. The van der Waals surface area contributed by atoms with Crippen LogP contribution in [0.15, 0.2) is 53.6 Å². The molecule has 0 saturated carbocycles. The number of methoxy groups -OCH3 is 1. The van der Waals surface area contributed by atoms with E-state index in [2.05, 4.69) is 9.88 Å². The van der Waals surface area contributed by atoms with Gasteiger partial charge in [-0.1, -0.05) is 11.6 Å². The van der Waals surface area contributed by atoms with Crippen molar-refractivity contribution >= 4 is 40.2 Å². The number of hydrogen-bond donors (Lipinski definition) is 2. The first-order valence-electron chi connectivity index (χ1n) is 12.7. The SMILES string of the molecule is COc1ccc2ncc(Cl)c([C@H](F)CCC3(C(=O)NO)CCN(CCCSc4ccc(F)cc4)CC3)c2c1. The number of halogens is 3. The number of pyridine rings is 1. The summed E-state index contributed by atoms with van der Waals surface area (Å²) in [6.45, 7) is 2.24. The normalized spacial score (nSPS) is 16.3. The van der Waals surface area contributed by atoms with Gasteiger partial charge in [0.1, 0.15) is 17.7 Å². The Labute approximate surface area is 230 Å². The van der Waals surface area contributed by atoms with Gasteiger partial charge < -0.3 is 9.64 Å². The van der Waals surface area contributed by atoms with E-state index in [1.165, 1.54) is 18.3 Å². The van der Waals surface area contributed by atoms with Crippen LogP contribution in [0.5, 0.6) is 5.75 Å². The van der Waals surface area contributed by atoms with Crippen LogP contribution in [0.1, 0.15) is 43.8 Å². The van der Waals surface area contributed by atoms with Crippen molar-refractivity contribution in [2.75, 3.05) is 32.5 Å². The number of piperidine rings is 1. The number of fused-ring (bicyclic) bond motifs is 1. The van der Waals surface area contributed by atoms with Gasteiger partial charge in [0.15, 0.2) is 0 Å². The molecule has 0 bridgehead atoms. The quantitative estimate of drug-likeness (QED) is 0.119. The number of ether oxygens (including phenoxy) is 1. The van der Waals surface area contributed by atoms with Gasteiger partial charge in [0, 0.05) is 22.0 Å². The number of carbonyl (C=O) groups excluding carboxylic acids is 1. The van der Waals surface area contributed by atoms with E-state index in [9.17, 15) is 14.4 Å².